The molecule has 0 amide bonds. The van der Waals surface area contributed by atoms with E-state index < -0.39 is 0 Å². The molecule has 1 heterocycles. The first-order chi connectivity index (χ1) is 12.5. The predicted molar refractivity (Wildman–Crippen MR) is 115 cm³/mol. The molecular weight excluding hydrogens is 356 g/mol. The molecule has 0 saturated carbocycles. The van der Waals surface area contributed by atoms with E-state index in [2.05, 4.69) is 117 Å². The fraction of sp³-hybridized carbons (Fsp3) is 0.609. The zero-order chi connectivity index (χ0) is 20.7. The zero-order valence-electron chi connectivity index (χ0n) is 18.4. The second kappa shape index (κ2) is 10.3. The van der Waals surface area contributed by atoms with Crippen LogP contribution in [0.25, 0.3) is 0 Å². The second-order valence-electron chi connectivity index (χ2n) is 9.50. The molecule has 0 saturated heterocycles. The van der Waals surface area contributed by atoms with Crippen molar-refractivity contribution in [1.82, 2.24) is 4.57 Å². The summed E-state index contributed by atoms with van der Waals surface area (Å²) in [6.45, 7) is 18.2. The highest BCUT2D eigenvalue weighted by atomic mass is 35.5. The van der Waals surface area contributed by atoms with Gasteiger partial charge in [0.05, 0.1) is 25.5 Å². The molecule has 1 atom stereocenters. The van der Waals surface area contributed by atoms with Crippen molar-refractivity contribution in [3.8, 4) is 0 Å². The molecule has 0 bridgehead atoms. The van der Waals surface area contributed by atoms with E-state index in [1.165, 1.54) is 24.7 Å². The highest BCUT2D eigenvalue weighted by molar-refractivity contribution is 6.07. The maximum absolute atomic E-state index is 4.50. The van der Waals surface area contributed by atoms with Gasteiger partial charge in [-0.15, -0.1) is 0 Å². The summed E-state index contributed by atoms with van der Waals surface area (Å²) in [5, 5.41) is 0. The molecule has 27 heavy (non-hydrogen) atoms. The van der Waals surface area contributed by atoms with Gasteiger partial charge in [0, 0.05) is 0 Å². The molecule has 0 N–H and O–H groups in total. The molecule has 152 valence electrons. The summed E-state index contributed by atoms with van der Waals surface area (Å²) in [4.78, 5) is 0. The highest BCUT2D eigenvalue weighted by Crippen LogP contribution is 2.42. The molecule has 0 spiro atoms. The summed E-state index contributed by atoms with van der Waals surface area (Å²) in [5.41, 5.74) is 3.45. The van der Waals surface area contributed by atoms with E-state index in [1.54, 1.807) is 0 Å². The minimum atomic E-state index is 0.280. The smallest absolute Gasteiger partial charge is 0.244 e. The Balaban J connectivity index is 0.00000114. The van der Waals surface area contributed by atoms with E-state index in [1.807, 2.05) is 0 Å². The molecule has 0 aliphatic heterocycles. The zero-order valence-corrected chi connectivity index (χ0v) is 19.2. The summed E-state index contributed by atoms with van der Waals surface area (Å²) in [6, 6.07) is 9.28. The SMILES string of the molecule is CCn1cc[n+](Cc2ccc(C(CC(C)(C)C)C(C)(C)C)cc2)c1.COCl. The topological polar surface area (TPSA) is 18.0 Å². The molecule has 0 aliphatic carbocycles. The minimum Gasteiger partial charge on any atom is -0.283 e. The van der Waals surface area contributed by atoms with Crippen molar-refractivity contribution < 1.29 is 8.86 Å². The van der Waals surface area contributed by atoms with Crippen molar-refractivity contribution in [3.05, 3.63) is 54.1 Å². The summed E-state index contributed by atoms with van der Waals surface area (Å²) in [7, 11) is 1.39. The summed E-state index contributed by atoms with van der Waals surface area (Å²) in [5.74, 6) is 0.584. The summed E-state index contributed by atoms with van der Waals surface area (Å²) in [6.07, 6.45) is 7.66. The summed E-state index contributed by atoms with van der Waals surface area (Å²) < 4.78 is 8.17. The monoisotopic (exact) mass is 393 g/mol. The van der Waals surface area contributed by atoms with Gasteiger partial charge in [0.15, 0.2) is 0 Å². The van der Waals surface area contributed by atoms with Crippen LogP contribution in [-0.2, 0) is 17.4 Å². The first kappa shape index (κ1) is 23.7. The molecule has 0 radical (unpaired) electrons. The van der Waals surface area contributed by atoms with Crippen LogP contribution in [0.3, 0.4) is 0 Å². The lowest BCUT2D eigenvalue weighted by atomic mass is 9.69. The number of hydrogen-bond donors (Lipinski definition) is 0. The van der Waals surface area contributed by atoms with Crippen LogP contribution in [0, 0.1) is 10.8 Å². The number of rotatable bonds is 5. The molecular formula is C23H38ClN2O+. The van der Waals surface area contributed by atoms with Crippen LogP contribution in [-0.4, -0.2) is 11.7 Å². The molecule has 0 aliphatic rings. The molecule has 0 fully saturated rings. The number of benzene rings is 1. The van der Waals surface area contributed by atoms with E-state index >= 15 is 0 Å². The van der Waals surface area contributed by atoms with Crippen LogP contribution >= 0.6 is 11.9 Å². The van der Waals surface area contributed by atoms with E-state index in [-0.39, 0.29) is 5.41 Å². The average molecular weight is 394 g/mol. The lowest BCUT2D eigenvalue weighted by Gasteiger charge is -2.36. The van der Waals surface area contributed by atoms with Crippen LogP contribution in [0.15, 0.2) is 43.0 Å². The highest BCUT2D eigenvalue weighted by Gasteiger charge is 2.30. The Morgan fingerprint density at radius 2 is 1.63 bits per heavy atom. The Labute approximate surface area is 171 Å². The number of aryl methyl sites for hydroxylation is 1. The van der Waals surface area contributed by atoms with Crippen LogP contribution < -0.4 is 4.57 Å². The van der Waals surface area contributed by atoms with Gasteiger partial charge in [-0.25, -0.2) is 9.13 Å². The Kier molecular flexibility index (Phi) is 9.04. The van der Waals surface area contributed by atoms with Gasteiger partial charge in [-0.05, 0) is 41.2 Å². The van der Waals surface area contributed by atoms with Crippen molar-refractivity contribution in [2.24, 2.45) is 10.8 Å². The number of nitrogens with zero attached hydrogens (tertiary/aromatic N) is 2. The van der Waals surface area contributed by atoms with Gasteiger partial charge < -0.3 is 0 Å². The van der Waals surface area contributed by atoms with Crippen molar-refractivity contribution >= 4 is 11.9 Å². The van der Waals surface area contributed by atoms with Gasteiger partial charge in [-0.3, -0.25) is 4.29 Å². The normalized spacial score (nSPS) is 13.1. The van der Waals surface area contributed by atoms with Crippen LogP contribution in [0.2, 0.25) is 0 Å². The lowest BCUT2D eigenvalue weighted by Crippen LogP contribution is -2.31. The fourth-order valence-corrected chi connectivity index (χ4v) is 3.32. The van der Waals surface area contributed by atoms with Crippen molar-refractivity contribution in [1.29, 1.82) is 0 Å². The third-order valence-electron chi connectivity index (χ3n) is 4.72. The van der Waals surface area contributed by atoms with Gasteiger partial charge >= 0.3 is 0 Å². The average Bonchev–Trinajstić information content (AvgIpc) is 3.00. The Hall–Kier alpha value is -1.32. The predicted octanol–water partition coefficient (Wildman–Crippen LogP) is 6.20. The Morgan fingerprint density at radius 1 is 1.07 bits per heavy atom. The number of aromatic nitrogens is 2. The third-order valence-corrected chi connectivity index (χ3v) is 4.72. The molecule has 1 aromatic carbocycles. The molecule has 2 rings (SSSR count). The first-order valence-electron chi connectivity index (χ1n) is 9.78. The van der Waals surface area contributed by atoms with Crippen molar-refractivity contribution in [3.63, 3.8) is 0 Å². The van der Waals surface area contributed by atoms with Gasteiger partial charge in [0.2, 0.25) is 6.33 Å². The van der Waals surface area contributed by atoms with E-state index in [0.717, 1.165) is 13.1 Å². The number of imidazole rings is 1. The van der Waals surface area contributed by atoms with E-state index in [0.29, 0.717) is 11.3 Å². The van der Waals surface area contributed by atoms with Gasteiger partial charge in [0.25, 0.3) is 0 Å². The van der Waals surface area contributed by atoms with Crippen molar-refractivity contribution in [2.75, 3.05) is 7.11 Å². The molecule has 3 nitrogen and oxygen atoms in total. The standard InChI is InChI=1S/C22H35N2.CH3ClO/c1-8-23-13-14-24(17-23)16-18-9-11-19(12-10-18)20(22(5,6)7)15-21(2,3)4;1-3-2/h9-14,17,20H,8,15-16H2,1-7H3;1H3/q+1;. The molecule has 4 heteroatoms. The van der Waals surface area contributed by atoms with Gasteiger partial charge in [0.1, 0.15) is 18.9 Å². The minimum absolute atomic E-state index is 0.280. The third kappa shape index (κ3) is 8.49. The first-order valence-corrected chi connectivity index (χ1v) is 10.1. The Bertz CT molecular complexity index is 663. The Morgan fingerprint density at radius 3 is 2.04 bits per heavy atom. The molecule has 1 unspecified atom stereocenters. The van der Waals surface area contributed by atoms with Gasteiger partial charge in [-0.2, -0.15) is 0 Å². The lowest BCUT2D eigenvalue weighted by molar-refractivity contribution is -0.687. The number of hydrogen-bond acceptors (Lipinski definition) is 1. The summed E-state index contributed by atoms with van der Waals surface area (Å²) >= 11 is 4.50. The maximum Gasteiger partial charge on any atom is 0.244 e. The van der Waals surface area contributed by atoms with E-state index in [4.69, 9.17) is 0 Å². The van der Waals surface area contributed by atoms with Crippen LogP contribution in [0.4, 0.5) is 0 Å². The largest absolute Gasteiger partial charge is 0.283 e. The van der Waals surface area contributed by atoms with E-state index in [9.17, 15) is 0 Å². The molecule has 2 aromatic rings. The van der Waals surface area contributed by atoms with Crippen molar-refractivity contribution in [2.45, 2.75) is 73.9 Å². The van der Waals surface area contributed by atoms with Crippen LogP contribution in [0.1, 0.15) is 71.9 Å². The fourth-order valence-electron chi connectivity index (χ4n) is 3.32. The quantitative estimate of drug-likeness (QED) is 0.553. The molecule has 1 aromatic heterocycles. The maximum atomic E-state index is 4.50. The van der Waals surface area contributed by atoms with Gasteiger partial charge in [-0.1, -0.05) is 65.8 Å². The van der Waals surface area contributed by atoms with Crippen LogP contribution in [0.5, 0.6) is 0 Å². The second-order valence-corrected chi connectivity index (χ2v) is 9.80. The number of halogens is 1.